The Balaban J connectivity index is 1.39. The Bertz CT molecular complexity index is 1090. The molecule has 1 fully saturated rings. The first kappa shape index (κ1) is 21.7. The minimum Gasteiger partial charge on any atom is -0.508 e. The molecule has 1 unspecified atom stereocenters. The summed E-state index contributed by atoms with van der Waals surface area (Å²) >= 11 is 0. The highest BCUT2D eigenvalue weighted by Crippen LogP contribution is 2.29. The molecular formula is C27H32N4O2. The lowest BCUT2D eigenvalue weighted by Crippen LogP contribution is -2.39. The summed E-state index contributed by atoms with van der Waals surface area (Å²) in [6.45, 7) is 2.55. The molecule has 2 heterocycles. The van der Waals surface area contributed by atoms with Crippen LogP contribution >= 0.6 is 0 Å². The Morgan fingerprint density at radius 3 is 2.55 bits per heavy atom. The molecule has 6 heteroatoms. The first-order chi connectivity index (χ1) is 16.2. The van der Waals surface area contributed by atoms with E-state index in [1.165, 1.54) is 12.0 Å². The third kappa shape index (κ3) is 4.81. The summed E-state index contributed by atoms with van der Waals surface area (Å²) in [5, 5.41) is 18.3. The minimum absolute atomic E-state index is 0.0847. The van der Waals surface area contributed by atoms with E-state index in [4.69, 9.17) is 5.10 Å². The molecule has 1 aliphatic carbocycles. The van der Waals surface area contributed by atoms with Crippen LogP contribution in [0.15, 0.2) is 54.6 Å². The van der Waals surface area contributed by atoms with E-state index in [9.17, 15) is 9.90 Å². The van der Waals surface area contributed by atoms with Crippen LogP contribution in [0, 0.1) is 0 Å². The summed E-state index contributed by atoms with van der Waals surface area (Å²) in [5.74, 6) is 0.295. The van der Waals surface area contributed by atoms with Crippen LogP contribution in [0.25, 0.3) is 5.69 Å². The number of fused-ring (bicyclic) bond motifs is 1. The average molecular weight is 445 g/mol. The van der Waals surface area contributed by atoms with Crippen LogP contribution in [0.1, 0.15) is 53.0 Å². The third-order valence-corrected chi connectivity index (χ3v) is 6.88. The third-order valence-electron chi connectivity index (χ3n) is 6.88. The van der Waals surface area contributed by atoms with E-state index in [-0.39, 0.29) is 11.7 Å². The number of hydrogen-bond acceptors (Lipinski definition) is 4. The van der Waals surface area contributed by atoms with Gasteiger partial charge in [-0.05, 0) is 81.3 Å². The molecule has 1 saturated heterocycles. The zero-order valence-electron chi connectivity index (χ0n) is 19.0. The van der Waals surface area contributed by atoms with Crippen molar-refractivity contribution in [1.82, 2.24) is 20.0 Å². The molecule has 0 saturated carbocycles. The second kappa shape index (κ2) is 9.79. The standard InChI is InChI=1S/C27H32N4O2/c32-23-12-10-22(11-13-23)31-26(27(33)30-17-5-2-6-18-30)24-19-21(9-14-25(24)29-31)28-16-15-20-7-3-1-4-8-20/h1,3-4,7-8,10-13,21,28,32H,2,5-6,9,14-19H2. The molecule has 33 heavy (non-hydrogen) atoms. The van der Waals surface area contributed by atoms with Gasteiger partial charge in [0.2, 0.25) is 0 Å². The Hall–Kier alpha value is -3.12. The van der Waals surface area contributed by atoms with Crippen molar-refractivity contribution in [3.05, 3.63) is 77.1 Å². The smallest absolute Gasteiger partial charge is 0.272 e. The van der Waals surface area contributed by atoms with E-state index < -0.39 is 0 Å². The van der Waals surface area contributed by atoms with Gasteiger partial charge in [-0.15, -0.1) is 0 Å². The van der Waals surface area contributed by atoms with Crippen molar-refractivity contribution < 1.29 is 9.90 Å². The predicted molar refractivity (Wildman–Crippen MR) is 129 cm³/mol. The summed E-state index contributed by atoms with van der Waals surface area (Å²) in [7, 11) is 0. The Kier molecular flexibility index (Phi) is 6.44. The summed E-state index contributed by atoms with van der Waals surface area (Å²) < 4.78 is 1.81. The number of nitrogens with one attached hydrogen (secondary N) is 1. The van der Waals surface area contributed by atoms with Crippen molar-refractivity contribution >= 4 is 5.91 Å². The fraction of sp³-hybridized carbons (Fsp3) is 0.407. The van der Waals surface area contributed by atoms with Crippen LogP contribution < -0.4 is 5.32 Å². The molecule has 1 atom stereocenters. The number of benzene rings is 2. The average Bonchev–Trinajstić information content (AvgIpc) is 3.24. The quantitative estimate of drug-likeness (QED) is 0.605. The van der Waals surface area contributed by atoms with Gasteiger partial charge in [0.25, 0.3) is 5.91 Å². The fourth-order valence-corrected chi connectivity index (χ4v) is 5.06. The minimum atomic E-state index is 0.0847. The first-order valence-corrected chi connectivity index (χ1v) is 12.2. The van der Waals surface area contributed by atoms with Gasteiger partial charge in [0.15, 0.2) is 0 Å². The van der Waals surface area contributed by atoms with Crippen molar-refractivity contribution in [3.8, 4) is 11.4 Å². The van der Waals surface area contributed by atoms with Gasteiger partial charge in [-0.1, -0.05) is 30.3 Å². The van der Waals surface area contributed by atoms with Crippen molar-refractivity contribution in [3.63, 3.8) is 0 Å². The second-order valence-electron chi connectivity index (χ2n) is 9.18. The molecule has 1 aromatic heterocycles. The number of nitrogens with zero attached hydrogens (tertiary/aromatic N) is 3. The SMILES string of the molecule is O=C(c1c2c(nn1-c1ccc(O)cc1)CCC(NCCc1ccccc1)C2)N1CCCCC1. The predicted octanol–water partition coefficient (Wildman–Crippen LogP) is 3.89. The molecule has 172 valence electrons. The monoisotopic (exact) mass is 444 g/mol. The summed E-state index contributed by atoms with van der Waals surface area (Å²) in [4.78, 5) is 15.7. The molecule has 5 rings (SSSR count). The zero-order chi connectivity index (χ0) is 22.6. The Labute approximate surface area is 195 Å². The van der Waals surface area contributed by atoms with Crippen molar-refractivity contribution in [2.24, 2.45) is 0 Å². The topological polar surface area (TPSA) is 70.4 Å². The van der Waals surface area contributed by atoms with Crippen LogP contribution in [0.3, 0.4) is 0 Å². The lowest BCUT2D eigenvalue weighted by molar-refractivity contribution is 0.0713. The number of hydrogen-bond donors (Lipinski definition) is 2. The van der Waals surface area contributed by atoms with E-state index in [1.54, 1.807) is 12.1 Å². The van der Waals surface area contributed by atoms with E-state index in [0.29, 0.717) is 11.7 Å². The number of aromatic hydroxyl groups is 1. The number of phenols is 1. The van der Waals surface area contributed by atoms with Crippen LogP contribution in [-0.2, 0) is 19.3 Å². The van der Waals surface area contributed by atoms with Gasteiger partial charge < -0.3 is 15.3 Å². The van der Waals surface area contributed by atoms with E-state index in [2.05, 4.69) is 29.6 Å². The number of amides is 1. The number of carbonyl (C=O) groups is 1. The number of likely N-dealkylation sites (tertiary alicyclic amines) is 1. The zero-order valence-corrected chi connectivity index (χ0v) is 19.0. The van der Waals surface area contributed by atoms with Crippen LogP contribution in [-0.4, -0.2) is 51.4 Å². The summed E-state index contributed by atoms with van der Waals surface area (Å²) in [6.07, 6.45) is 7.01. The highest BCUT2D eigenvalue weighted by Gasteiger charge is 2.32. The lowest BCUT2D eigenvalue weighted by Gasteiger charge is -2.28. The molecule has 2 aromatic carbocycles. The van der Waals surface area contributed by atoms with Gasteiger partial charge in [-0.3, -0.25) is 4.79 Å². The number of carbonyl (C=O) groups excluding carboxylic acids is 1. The molecule has 2 aliphatic rings. The maximum Gasteiger partial charge on any atom is 0.272 e. The Morgan fingerprint density at radius 2 is 1.79 bits per heavy atom. The molecule has 6 nitrogen and oxygen atoms in total. The van der Waals surface area contributed by atoms with Crippen LogP contribution in [0.5, 0.6) is 5.75 Å². The van der Waals surface area contributed by atoms with Crippen molar-refractivity contribution in [2.75, 3.05) is 19.6 Å². The van der Waals surface area contributed by atoms with E-state index in [0.717, 1.165) is 75.1 Å². The molecule has 2 N–H and O–H groups in total. The Morgan fingerprint density at radius 1 is 1.03 bits per heavy atom. The van der Waals surface area contributed by atoms with Gasteiger partial charge in [0.05, 0.1) is 11.4 Å². The van der Waals surface area contributed by atoms with Gasteiger partial charge in [-0.2, -0.15) is 5.10 Å². The fourth-order valence-electron chi connectivity index (χ4n) is 5.06. The number of aryl methyl sites for hydroxylation is 1. The molecule has 1 amide bonds. The maximum atomic E-state index is 13.7. The molecule has 1 aliphatic heterocycles. The van der Waals surface area contributed by atoms with Crippen molar-refractivity contribution in [2.45, 2.75) is 51.0 Å². The summed E-state index contributed by atoms with van der Waals surface area (Å²) in [6, 6.07) is 17.8. The molecule has 3 aromatic rings. The second-order valence-corrected chi connectivity index (χ2v) is 9.18. The molecule has 0 radical (unpaired) electrons. The van der Waals surface area contributed by atoms with E-state index >= 15 is 0 Å². The van der Waals surface area contributed by atoms with Gasteiger partial charge >= 0.3 is 0 Å². The lowest BCUT2D eigenvalue weighted by atomic mass is 9.91. The number of phenolic OH excluding ortho intramolecular Hbond substituents is 1. The highest BCUT2D eigenvalue weighted by molar-refractivity contribution is 5.95. The van der Waals surface area contributed by atoms with E-state index in [1.807, 2.05) is 27.8 Å². The van der Waals surface area contributed by atoms with Crippen molar-refractivity contribution in [1.29, 1.82) is 0 Å². The maximum absolute atomic E-state index is 13.7. The number of rotatable bonds is 6. The van der Waals surface area contributed by atoms with Gasteiger partial charge in [0, 0.05) is 24.7 Å². The highest BCUT2D eigenvalue weighted by atomic mass is 16.3. The van der Waals surface area contributed by atoms with Gasteiger partial charge in [0.1, 0.15) is 11.4 Å². The first-order valence-electron chi connectivity index (χ1n) is 12.2. The normalized spacial score (nSPS) is 18.2. The van der Waals surface area contributed by atoms with Crippen LogP contribution in [0.4, 0.5) is 0 Å². The molecular weight excluding hydrogens is 412 g/mol. The molecule has 0 bridgehead atoms. The molecule has 0 spiro atoms. The number of aromatic nitrogens is 2. The summed E-state index contributed by atoms with van der Waals surface area (Å²) in [5.41, 5.74) is 4.97. The largest absolute Gasteiger partial charge is 0.508 e. The van der Waals surface area contributed by atoms with Gasteiger partial charge in [-0.25, -0.2) is 4.68 Å². The number of piperidine rings is 1. The van der Waals surface area contributed by atoms with Crippen LogP contribution in [0.2, 0.25) is 0 Å².